The molecule has 0 saturated heterocycles. The number of nitrogens with zero attached hydrogens (tertiary/aromatic N) is 2. The Kier molecular flexibility index (Phi) is 4.74. The molecule has 23 heavy (non-hydrogen) atoms. The highest BCUT2D eigenvalue weighted by molar-refractivity contribution is 7.92. The monoisotopic (exact) mass is 337 g/mol. The predicted molar refractivity (Wildman–Crippen MR) is 87.3 cm³/mol. The SMILES string of the molecule is C=CC(=O)N(C)CC(=O)NC1CS(=O)(=O)N(C)c2ccccc21. The van der Waals surface area contributed by atoms with Crippen molar-refractivity contribution >= 4 is 27.5 Å². The van der Waals surface area contributed by atoms with Crippen molar-refractivity contribution in [2.24, 2.45) is 0 Å². The molecule has 1 aliphatic heterocycles. The maximum atomic E-state index is 12.2. The molecule has 1 aromatic rings. The highest BCUT2D eigenvalue weighted by Gasteiger charge is 2.34. The maximum Gasteiger partial charge on any atom is 0.246 e. The first-order valence-electron chi connectivity index (χ1n) is 6.98. The van der Waals surface area contributed by atoms with Gasteiger partial charge in [0.05, 0.1) is 24.0 Å². The van der Waals surface area contributed by atoms with E-state index >= 15 is 0 Å². The Morgan fingerprint density at radius 3 is 2.74 bits per heavy atom. The fraction of sp³-hybridized carbons (Fsp3) is 0.333. The average molecular weight is 337 g/mol. The van der Waals surface area contributed by atoms with Crippen LogP contribution < -0.4 is 9.62 Å². The number of rotatable bonds is 4. The van der Waals surface area contributed by atoms with Gasteiger partial charge in [0.1, 0.15) is 0 Å². The van der Waals surface area contributed by atoms with Crippen LogP contribution in [0, 0.1) is 0 Å². The number of carbonyl (C=O) groups is 2. The van der Waals surface area contributed by atoms with Gasteiger partial charge >= 0.3 is 0 Å². The third kappa shape index (κ3) is 3.53. The number of hydrogen-bond donors (Lipinski definition) is 1. The zero-order chi connectivity index (χ0) is 17.2. The number of fused-ring (bicyclic) bond motifs is 1. The van der Waals surface area contributed by atoms with E-state index in [1.807, 2.05) is 0 Å². The summed E-state index contributed by atoms with van der Waals surface area (Å²) in [6.07, 6.45) is 1.11. The van der Waals surface area contributed by atoms with Crippen LogP contribution in [0.5, 0.6) is 0 Å². The molecule has 0 radical (unpaired) electrons. The number of sulfonamides is 1. The van der Waals surface area contributed by atoms with Crippen molar-refractivity contribution in [1.29, 1.82) is 0 Å². The summed E-state index contributed by atoms with van der Waals surface area (Å²) in [6.45, 7) is 3.19. The average Bonchev–Trinajstić information content (AvgIpc) is 2.51. The van der Waals surface area contributed by atoms with Crippen LogP contribution in [0.15, 0.2) is 36.9 Å². The normalized spacial score (nSPS) is 18.7. The van der Waals surface area contributed by atoms with E-state index in [-0.39, 0.29) is 18.2 Å². The van der Waals surface area contributed by atoms with E-state index in [2.05, 4.69) is 11.9 Å². The second-order valence-electron chi connectivity index (χ2n) is 5.32. The minimum Gasteiger partial charge on any atom is -0.347 e. The first-order valence-corrected chi connectivity index (χ1v) is 8.59. The lowest BCUT2D eigenvalue weighted by molar-refractivity contribution is -0.131. The minimum absolute atomic E-state index is 0.167. The lowest BCUT2D eigenvalue weighted by Crippen LogP contribution is -2.45. The van der Waals surface area contributed by atoms with Gasteiger partial charge in [-0.25, -0.2) is 8.42 Å². The van der Waals surface area contributed by atoms with Gasteiger partial charge in [0.25, 0.3) is 0 Å². The molecule has 0 saturated carbocycles. The highest BCUT2D eigenvalue weighted by Crippen LogP contribution is 2.33. The highest BCUT2D eigenvalue weighted by atomic mass is 32.2. The zero-order valence-corrected chi connectivity index (χ0v) is 13.8. The van der Waals surface area contributed by atoms with Gasteiger partial charge < -0.3 is 10.2 Å². The largest absolute Gasteiger partial charge is 0.347 e. The van der Waals surface area contributed by atoms with Crippen LogP contribution >= 0.6 is 0 Å². The Hall–Kier alpha value is -2.35. The van der Waals surface area contributed by atoms with Crippen molar-refractivity contribution in [2.75, 3.05) is 30.7 Å². The summed E-state index contributed by atoms with van der Waals surface area (Å²) in [7, 11) is -0.533. The molecule has 2 rings (SSSR count). The van der Waals surface area contributed by atoms with Crippen LogP contribution in [0.4, 0.5) is 5.69 Å². The molecule has 1 aliphatic rings. The molecule has 2 amide bonds. The molecule has 0 aromatic heterocycles. The summed E-state index contributed by atoms with van der Waals surface area (Å²) in [5.41, 5.74) is 1.27. The number of nitrogens with one attached hydrogen (secondary N) is 1. The van der Waals surface area contributed by atoms with Crippen molar-refractivity contribution in [3.63, 3.8) is 0 Å². The third-order valence-electron chi connectivity index (χ3n) is 3.71. The Bertz CT molecular complexity index is 745. The van der Waals surface area contributed by atoms with Crippen LogP contribution in [-0.2, 0) is 19.6 Å². The first kappa shape index (κ1) is 17.0. The molecule has 1 aromatic carbocycles. The molecule has 0 bridgehead atoms. The van der Waals surface area contributed by atoms with Gasteiger partial charge in [-0.15, -0.1) is 0 Å². The van der Waals surface area contributed by atoms with E-state index < -0.39 is 22.0 Å². The van der Waals surface area contributed by atoms with Crippen molar-refractivity contribution < 1.29 is 18.0 Å². The van der Waals surface area contributed by atoms with Crippen LogP contribution in [0.1, 0.15) is 11.6 Å². The quantitative estimate of drug-likeness (QED) is 0.799. The van der Waals surface area contributed by atoms with E-state index in [0.717, 1.165) is 11.6 Å². The second-order valence-corrected chi connectivity index (χ2v) is 7.37. The van der Waals surface area contributed by atoms with E-state index in [1.54, 1.807) is 24.3 Å². The number of likely N-dealkylation sites (N-methyl/N-ethyl adjacent to an activating group) is 1. The first-order chi connectivity index (χ1) is 10.8. The Morgan fingerprint density at radius 1 is 1.43 bits per heavy atom. The molecule has 1 unspecified atom stereocenters. The van der Waals surface area contributed by atoms with E-state index in [0.29, 0.717) is 5.69 Å². The standard InChI is InChI=1S/C15H19N3O4S/c1-4-15(20)17(2)9-14(19)16-12-10-23(21,22)18(3)13-8-6-5-7-11(12)13/h4-8,12H,1,9-10H2,2-3H3,(H,16,19). The number of para-hydroxylation sites is 1. The smallest absolute Gasteiger partial charge is 0.246 e. The van der Waals surface area contributed by atoms with Gasteiger partial charge in [0.2, 0.25) is 21.8 Å². The van der Waals surface area contributed by atoms with Crippen molar-refractivity contribution in [3.8, 4) is 0 Å². The fourth-order valence-electron chi connectivity index (χ4n) is 2.44. The lowest BCUT2D eigenvalue weighted by atomic mass is 10.1. The van der Waals surface area contributed by atoms with Gasteiger partial charge in [-0.05, 0) is 17.7 Å². The molecular formula is C15H19N3O4S. The van der Waals surface area contributed by atoms with Crippen LogP contribution in [0.2, 0.25) is 0 Å². The molecule has 0 fully saturated rings. The molecule has 1 heterocycles. The molecule has 1 N–H and O–H groups in total. The van der Waals surface area contributed by atoms with Crippen molar-refractivity contribution in [2.45, 2.75) is 6.04 Å². The van der Waals surface area contributed by atoms with Crippen molar-refractivity contribution in [1.82, 2.24) is 10.2 Å². The summed E-state index contributed by atoms with van der Waals surface area (Å²) >= 11 is 0. The second kappa shape index (κ2) is 6.41. The fourth-order valence-corrected chi connectivity index (χ4v) is 3.81. The lowest BCUT2D eigenvalue weighted by Gasteiger charge is -2.33. The van der Waals surface area contributed by atoms with Crippen LogP contribution in [-0.4, -0.2) is 51.5 Å². The van der Waals surface area contributed by atoms with E-state index in [4.69, 9.17) is 0 Å². The van der Waals surface area contributed by atoms with Crippen LogP contribution in [0.25, 0.3) is 0 Å². The number of anilines is 1. The third-order valence-corrected chi connectivity index (χ3v) is 5.50. The van der Waals surface area contributed by atoms with Crippen LogP contribution in [0.3, 0.4) is 0 Å². The topological polar surface area (TPSA) is 86.8 Å². The molecule has 124 valence electrons. The number of amides is 2. The summed E-state index contributed by atoms with van der Waals surface area (Å²) in [5.74, 6) is -1.02. The zero-order valence-electron chi connectivity index (χ0n) is 13.0. The van der Waals surface area contributed by atoms with Crippen molar-refractivity contribution in [3.05, 3.63) is 42.5 Å². The molecule has 0 spiro atoms. The number of carbonyl (C=O) groups excluding carboxylic acids is 2. The number of benzene rings is 1. The van der Waals surface area contributed by atoms with Gasteiger partial charge in [-0.1, -0.05) is 24.8 Å². The number of hydrogen-bond acceptors (Lipinski definition) is 4. The van der Waals surface area contributed by atoms with E-state index in [1.165, 1.54) is 23.3 Å². The van der Waals surface area contributed by atoms with Gasteiger partial charge in [-0.2, -0.15) is 0 Å². The maximum absolute atomic E-state index is 12.2. The summed E-state index contributed by atoms with van der Waals surface area (Å²) in [4.78, 5) is 24.7. The van der Waals surface area contributed by atoms with Gasteiger partial charge in [0, 0.05) is 14.1 Å². The van der Waals surface area contributed by atoms with Gasteiger partial charge in [0.15, 0.2) is 0 Å². The molecule has 1 atom stereocenters. The van der Waals surface area contributed by atoms with E-state index in [9.17, 15) is 18.0 Å². The summed E-state index contributed by atoms with van der Waals surface area (Å²) in [6, 6.07) is 6.36. The van der Waals surface area contributed by atoms with Gasteiger partial charge in [-0.3, -0.25) is 13.9 Å². The molecule has 0 aliphatic carbocycles. The minimum atomic E-state index is -3.50. The molecule has 7 nitrogen and oxygen atoms in total. The molecular weight excluding hydrogens is 318 g/mol. The Labute approximate surface area is 135 Å². The summed E-state index contributed by atoms with van der Waals surface area (Å²) in [5, 5.41) is 2.69. The molecule has 8 heteroatoms. The Morgan fingerprint density at radius 2 is 2.09 bits per heavy atom. The Balaban J connectivity index is 2.20. The predicted octanol–water partition coefficient (Wildman–Crippen LogP) is 0.268. The summed E-state index contributed by atoms with van der Waals surface area (Å²) < 4.78 is 25.6.